The minimum Gasteiger partial charge on any atom is -0.496 e. The molecule has 3 heterocycles. The molecular weight excluding hydrogens is 452 g/mol. The Labute approximate surface area is 204 Å². The summed E-state index contributed by atoms with van der Waals surface area (Å²) >= 11 is 0. The van der Waals surface area contributed by atoms with E-state index in [1.54, 1.807) is 22.8 Å². The average Bonchev–Trinajstić information content (AvgIpc) is 2.87. The van der Waals surface area contributed by atoms with Gasteiger partial charge in [-0.05, 0) is 13.0 Å². The number of aryl methyl sites for hydroxylation is 1. The van der Waals surface area contributed by atoms with Gasteiger partial charge in [0.15, 0.2) is 11.5 Å². The van der Waals surface area contributed by atoms with Gasteiger partial charge in [0.2, 0.25) is 5.88 Å². The Bertz CT molecular complexity index is 1240. The highest BCUT2D eigenvalue weighted by atomic mass is 16.5. The molecule has 0 spiro atoms. The third kappa shape index (κ3) is 4.52. The number of rotatable bonds is 7. The Balaban J connectivity index is 1.87. The molecule has 1 saturated heterocycles. The largest absolute Gasteiger partial charge is 0.496 e. The molecule has 2 aliphatic heterocycles. The third-order valence-corrected chi connectivity index (χ3v) is 6.48. The van der Waals surface area contributed by atoms with Crippen LogP contribution in [0.3, 0.4) is 0 Å². The van der Waals surface area contributed by atoms with E-state index in [0.29, 0.717) is 60.4 Å². The molecule has 1 aromatic heterocycles. The molecule has 2 aromatic rings. The zero-order chi connectivity index (χ0) is 25.1. The third-order valence-electron chi connectivity index (χ3n) is 6.48. The molecule has 0 unspecified atom stereocenters. The number of aromatic nitrogens is 1. The molecule has 1 aromatic carbocycles. The number of hydrogen-bond donors (Lipinski definition) is 1. The topological polar surface area (TPSA) is 121 Å². The molecule has 0 saturated carbocycles. The Morgan fingerprint density at radius 2 is 1.71 bits per heavy atom. The van der Waals surface area contributed by atoms with Crippen LogP contribution in [0.4, 0.5) is 0 Å². The number of ether oxygens (including phenoxy) is 5. The molecule has 4 rings (SSSR count). The van der Waals surface area contributed by atoms with Crippen molar-refractivity contribution in [3.05, 3.63) is 56.8 Å². The molecule has 10 heteroatoms. The van der Waals surface area contributed by atoms with Crippen LogP contribution in [0.15, 0.2) is 34.4 Å². The maximum Gasteiger partial charge on any atom is 0.258 e. The van der Waals surface area contributed by atoms with Crippen LogP contribution < -0.4 is 30.2 Å². The number of nitrogens with zero attached hydrogens (tertiary/aromatic N) is 3. The van der Waals surface area contributed by atoms with E-state index < -0.39 is 5.92 Å². The number of morpholine rings is 1. The van der Waals surface area contributed by atoms with Crippen molar-refractivity contribution in [2.24, 2.45) is 5.73 Å². The molecule has 2 aliphatic rings. The second-order valence-electron chi connectivity index (χ2n) is 8.35. The number of allylic oxidation sites excluding steroid dienone is 1. The van der Waals surface area contributed by atoms with Crippen molar-refractivity contribution in [3.8, 4) is 29.1 Å². The molecule has 0 aliphatic carbocycles. The van der Waals surface area contributed by atoms with Gasteiger partial charge in [-0.15, -0.1) is 0 Å². The van der Waals surface area contributed by atoms with E-state index in [9.17, 15) is 10.1 Å². The first-order chi connectivity index (χ1) is 16.9. The van der Waals surface area contributed by atoms with Crippen molar-refractivity contribution in [1.82, 2.24) is 9.47 Å². The monoisotopic (exact) mass is 482 g/mol. The summed E-state index contributed by atoms with van der Waals surface area (Å²) in [4.78, 5) is 16.2. The molecule has 2 N–H and O–H groups in total. The molecule has 10 nitrogen and oxygen atoms in total. The van der Waals surface area contributed by atoms with Crippen molar-refractivity contribution in [1.29, 1.82) is 5.26 Å². The summed E-state index contributed by atoms with van der Waals surface area (Å²) in [5.41, 5.74) is 7.67. The standard InChI is InChI=1S/C25H30N4O6/c1-15-11-21-23(25(30)29(15)6-5-28-7-9-34-10-8-28)22(17(14-26)24(27)35-21)16-12-19(32-3)20(33-4)13-18(16)31-2/h11-13,22H,5-10,27H2,1-4H3/t22-/m0/s1. The van der Waals surface area contributed by atoms with Crippen LogP contribution in [-0.2, 0) is 11.3 Å². The normalized spacial score (nSPS) is 17.9. The minimum absolute atomic E-state index is 0.0493. The highest BCUT2D eigenvalue weighted by Crippen LogP contribution is 2.46. The fourth-order valence-corrected chi connectivity index (χ4v) is 4.62. The van der Waals surface area contributed by atoms with Crippen molar-refractivity contribution in [2.45, 2.75) is 19.4 Å². The van der Waals surface area contributed by atoms with Crippen LogP contribution in [0.5, 0.6) is 23.0 Å². The second kappa shape index (κ2) is 10.3. The summed E-state index contributed by atoms with van der Waals surface area (Å²) in [6, 6.07) is 7.30. The van der Waals surface area contributed by atoms with Crippen LogP contribution in [0.25, 0.3) is 0 Å². The molecule has 0 amide bonds. The smallest absolute Gasteiger partial charge is 0.258 e. The number of methoxy groups -OCH3 is 3. The summed E-state index contributed by atoms with van der Waals surface area (Å²) in [6.07, 6.45) is 0. The fourth-order valence-electron chi connectivity index (χ4n) is 4.62. The highest BCUT2D eigenvalue weighted by Gasteiger charge is 2.37. The second-order valence-corrected chi connectivity index (χ2v) is 8.35. The molecule has 0 bridgehead atoms. The van der Waals surface area contributed by atoms with E-state index in [1.807, 2.05) is 6.92 Å². The maximum atomic E-state index is 13.9. The number of nitriles is 1. The number of fused-ring (bicyclic) bond motifs is 1. The quantitative estimate of drug-likeness (QED) is 0.629. The lowest BCUT2D eigenvalue weighted by atomic mass is 9.83. The van der Waals surface area contributed by atoms with Crippen molar-refractivity contribution in [3.63, 3.8) is 0 Å². The summed E-state index contributed by atoms with van der Waals surface area (Å²) in [5.74, 6) is 0.803. The van der Waals surface area contributed by atoms with Gasteiger partial charge in [-0.3, -0.25) is 9.69 Å². The van der Waals surface area contributed by atoms with E-state index in [1.165, 1.54) is 21.3 Å². The van der Waals surface area contributed by atoms with E-state index >= 15 is 0 Å². The first-order valence-electron chi connectivity index (χ1n) is 11.3. The zero-order valence-corrected chi connectivity index (χ0v) is 20.4. The first kappa shape index (κ1) is 24.4. The average molecular weight is 483 g/mol. The van der Waals surface area contributed by atoms with Gasteiger partial charge in [0.05, 0.1) is 46.0 Å². The van der Waals surface area contributed by atoms with Crippen molar-refractivity contribution < 1.29 is 23.7 Å². The van der Waals surface area contributed by atoms with Gasteiger partial charge in [-0.1, -0.05) is 0 Å². The first-order valence-corrected chi connectivity index (χ1v) is 11.3. The van der Waals surface area contributed by atoms with Gasteiger partial charge in [0, 0.05) is 49.6 Å². The van der Waals surface area contributed by atoms with Crippen LogP contribution in [0, 0.1) is 18.3 Å². The molecule has 35 heavy (non-hydrogen) atoms. The fraction of sp³-hybridized carbons (Fsp3) is 0.440. The summed E-state index contributed by atoms with van der Waals surface area (Å²) < 4.78 is 29.4. The summed E-state index contributed by atoms with van der Waals surface area (Å²) in [7, 11) is 4.55. The number of nitrogens with two attached hydrogens (primary N) is 1. The Morgan fingerprint density at radius 1 is 1.06 bits per heavy atom. The molecule has 186 valence electrons. The van der Waals surface area contributed by atoms with Gasteiger partial charge in [-0.2, -0.15) is 5.26 Å². The van der Waals surface area contributed by atoms with Gasteiger partial charge < -0.3 is 34.0 Å². The van der Waals surface area contributed by atoms with E-state index in [0.717, 1.165) is 18.8 Å². The lowest BCUT2D eigenvalue weighted by molar-refractivity contribution is 0.0362. The van der Waals surface area contributed by atoms with E-state index in [-0.39, 0.29) is 17.0 Å². The van der Waals surface area contributed by atoms with Gasteiger partial charge in [-0.25, -0.2) is 0 Å². The highest BCUT2D eigenvalue weighted by molar-refractivity contribution is 5.61. The predicted molar refractivity (Wildman–Crippen MR) is 128 cm³/mol. The minimum atomic E-state index is -0.804. The van der Waals surface area contributed by atoms with Crippen LogP contribution in [-0.4, -0.2) is 63.6 Å². The van der Waals surface area contributed by atoms with Crippen molar-refractivity contribution >= 4 is 0 Å². The van der Waals surface area contributed by atoms with Crippen LogP contribution in [0.1, 0.15) is 22.7 Å². The van der Waals surface area contributed by atoms with E-state index in [2.05, 4.69) is 11.0 Å². The SMILES string of the molecule is COc1cc(OC)c([C@H]2C(C#N)=C(N)Oc3cc(C)n(CCN4CCOCC4)c(=O)c32)cc1OC. The Kier molecular flexibility index (Phi) is 7.19. The van der Waals surface area contributed by atoms with Crippen LogP contribution in [0.2, 0.25) is 0 Å². The lowest BCUT2D eigenvalue weighted by Gasteiger charge is -2.30. The zero-order valence-electron chi connectivity index (χ0n) is 20.4. The van der Waals surface area contributed by atoms with Gasteiger partial charge >= 0.3 is 0 Å². The molecule has 0 radical (unpaired) electrons. The van der Waals surface area contributed by atoms with Gasteiger partial charge in [0.25, 0.3) is 5.56 Å². The number of benzene rings is 1. The predicted octanol–water partition coefficient (Wildman–Crippen LogP) is 1.73. The molecule has 1 fully saturated rings. The van der Waals surface area contributed by atoms with Crippen LogP contribution >= 0.6 is 0 Å². The van der Waals surface area contributed by atoms with Gasteiger partial charge in [0.1, 0.15) is 23.1 Å². The number of pyridine rings is 1. The summed E-state index contributed by atoms with van der Waals surface area (Å²) in [5, 5.41) is 10.0. The Morgan fingerprint density at radius 3 is 2.34 bits per heavy atom. The molecular formula is C25H30N4O6. The summed E-state index contributed by atoms with van der Waals surface area (Å²) in [6.45, 7) is 6.07. The number of hydrogen-bond acceptors (Lipinski definition) is 9. The Hall–Kier alpha value is -3.68. The maximum absolute atomic E-state index is 13.9. The van der Waals surface area contributed by atoms with Crippen molar-refractivity contribution in [2.75, 3.05) is 54.2 Å². The molecule has 1 atom stereocenters. The van der Waals surface area contributed by atoms with E-state index in [4.69, 9.17) is 29.4 Å². The lowest BCUT2D eigenvalue weighted by Crippen LogP contribution is -2.40.